The molecule has 0 unspecified atom stereocenters. The average molecular weight is 570 g/mol. The third-order valence-corrected chi connectivity index (χ3v) is 6.40. The fourth-order valence-corrected chi connectivity index (χ4v) is 4.97. The van der Waals surface area contributed by atoms with Gasteiger partial charge in [-0.15, -0.1) is 0 Å². The Morgan fingerprint density at radius 1 is 0.909 bits per heavy atom. The molecule has 0 atom stereocenters. The normalized spacial score (nSPS) is 14.7. The van der Waals surface area contributed by atoms with Gasteiger partial charge in [-0.05, 0) is 80.6 Å². The van der Waals surface area contributed by atoms with Crippen molar-refractivity contribution in [3.63, 3.8) is 0 Å². The third kappa shape index (κ3) is 5.54. The highest BCUT2D eigenvalue weighted by molar-refractivity contribution is 9.11. The van der Waals surface area contributed by atoms with Gasteiger partial charge in [-0.3, -0.25) is 9.69 Å². The second-order valence-electron chi connectivity index (χ2n) is 7.96. The zero-order chi connectivity index (χ0) is 23.5. The molecule has 4 rings (SSSR count). The Hall–Kier alpha value is -2.90. The zero-order valence-corrected chi connectivity index (χ0v) is 21.4. The van der Waals surface area contributed by atoms with Crippen molar-refractivity contribution >= 4 is 49.9 Å². The van der Waals surface area contributed by atoms with E-state index in [1.54, 1.807) is 6.08 Å². The molecular weight excluding hydrogens is 548 g/mol. The number of carbonyl (C=O) groups is 2. The lowest BCUT2D eigenvalue weighted by Crippen LogP contribution is -2.30. The van der Waals surface area contributed by atoms with Crippen LogP contribution < -0.4 is 10.1 Å². The topological polar surface area (TPSA) is 58.6 Å². The maximum absolute atomic E-state index is 12.8. The molecule has 0 saturated carbocycles. The molecule has 3 aromatic rings. The van der Waals surface area contributed by atoms with E-state index in [-0.39, 0.29) is 18.1 Å². The number of amides is 3. The molecule has 1 N–H and O–H groups in total. The van der Waals surface area contributed by atoms with E-state index < -0.39 is 6.03 Å². The van der Waals surface area contributed by atoms with Gasteiger partial charge in [-0.25, -0.2) is 4.79 Å². The molecule has 5 nitrogen and oxygen atoms in total. The number of imide groups is 1. The Labute approximate surface area is 209 Å². The zero-order valence-electron chi connectivity index (χ0n) is 18.2. The molecule has 7 heteroatoms. The molecule has 3 amide bonds. The van der Waals surface area contributed by atoms with Gasteiger partial charge in [0.05, 0.1) is 15.5 Å². The summed E-state index contributed by atoms with van der Waals surface area (Å²) in [7, 11) is 0. The van der Waals surface area contributed by atoms with Crippen LogP contribution in [0.4, 0.5) is 4.79 Å². The van der Waals surface area contributed by atoms with Gasteiger partial charge in [0.15, 0.2) is 0 Å². The first-order chi connectivity index (χ1) is 15.8. The molecule has 33 heavy (non-hydrogen) atoms. The SMILES string of the molecule is Cc1ccc(CN2C(=O)N/C(=C/c3cc(Br)c(OCc4cccc(C)c4)c(Br)c3)C2=O)cc1. The van der Waals surface area contributed by atoms with Crippen molar-refractivity contribution in [2.75, 3.05) is 0 Å². The number of rotatable bonds is 6. The second kappa shape index (κ2) is 9.93. The number of carbonyl (C=O) groups excluding carboxylic acids is 2. The smallest absolute Gasteiger partial charge is 0.329 e. The first kappa shape index (κ1) is 23.3. The Morgan fingerprint density at radius 3 is 2.27 bits per heavy atom. The maximum atomic E-state index is 12.8. The number of halogens is 2. The number of aryl methyl sites for hydroxylation is 2. The largest absolute Gasteiger partial charge is 0.487 e. The average Bonchev–Trinajstić information content (AvgIpc) is 3.02. The molecule has 0 radical (unpaired) electrons. The number of ether oxygens (including phenoxy) is 1. The summed E-state index contributed by atoms with van der Waals surface area (Å²) in [5.41, 5.74) is 5.26. The molecule has 0 spiro atoms. The van der Waals surface area contributed by atoms with Crippen molar-refractivity contribution in [3.05, 3.63) is 103 Å². The van der Waals surface area contributed by atoms with E-state index in [0.29, 0.717) is 12.4 Å². The predicted molar refractivity (Wildman–Crippen MR) is 136 cm³/mol. The van der Waals surface area contributed by atoms with Crippen LogP contribution in [-0.2, 0) is 17.9 Å². The van der Waals surface area contributed by atoms with Crippen molar-refractivity contribution in [1.29, 1.82) is 0 Å². The Morgan fingerprint density at radius 2 is 1.61 bits per heavy atom. The van der Waals surface area contributed by atoms with Gasteiger partial charge in [-0.1, -0.05) is 59.7 Å². The number of nitrogens with zero attached hydrogens (tertiary/aromatic N) is 1. The first-order valence-electron chi connectivity index (χ1n) is 10.4. The second-order valence-corrected chi connectivity index (χ2v) is 9.67. The lowest BCUT2D eigenvalue weighted by atomic mass is 10.1. The van der Waals surface area contributed by atoms with Gasteiger partial charge in [0.25, 0.3) is 5.91 Å². The monoisotopic (exact) mass is 568 g/mol. The number of hydrogen-bond acceptors (Lipinski definition) is 3. The van der Waals surface area contributed by atoms with Crippen LogP contribution in [0.2, 0.25) is 0 Å². The van der Waals surface area contributed by atoms with Crippen LogP contribution in [0.1, 0.15) is 27.8 Å². The number of hydrogen-bond donors (Lipinski definition) is 1. The molecule has 1 saturated heterocycles. The van der Waals surface area contributed by atoms with Gasteiger partial charge in [-0.2, -0.15) is 0 Å². The molecule has 1 aliphatic heterocycles. The van der Waals surface area contributed by atoms with Crippen molar-refractivity contribution < 1.29 is 14.3 Å². The van der Waals surface area contributed by atoms with Crippen LogP contribution in [0.5, 0.6) is 5.75 Å². The highest BCUT2D eigenvalue weighted by atomic mass is 79.9. The van der Waals surface area contributed by atoms with Crippen LogP contribution in [0.3, 0.4) is 0 Å². The van der Waals surface area contributed by atoms with Gasteiger partial charge < -0.3 is 10.1 Å². The van der Waals surface area contributed by atoms with Gasteiger partial charge in [0.1, 0.15) is 18.1 Å². The van der Waals surface area contributed by atoms with E-state index in [1.165, 1.54) is 10.5 Å². The van der Waals surface area contributed by atoms with Crippen LogP contribution in [0, 0.1) is 13.8 Å². The summed E-state index contributed by atoms with van der Waals surface area (Å²) in [6, 6.07) is 19.2. The minimum atomic E-state index is -0.428. The summed E-state index contributed by atoms with van der Waals surface area (Å²) in [5.74, 6) is 0.314. The van der Waals surface area contributed by atoms with Crippen molar-refractivity contribution in [2.24, 2.45) is 0 Å². The highest BCUT2D eigenvalue weighted by Gasteiger charge is 2.33. The third-order valence-electron chi connectivity index (χ3n) is 5.22. The molecule has 0 bridgehead atoms. The molecule has 0 aliphatic carbocycles. The maximum Gasteiger partial charge on any atom is 0.329 e. The fourth-order valence-electron chi connectivity index (χ4n) is 3.52. The molecule has 0 aromatic heterocycles. The van der Waals surface area contributed by atoms with Crippen LogP contribution in [-0.4, -0.2) is 16.8 Å². The Bertz CT molecular complexity index is 1230. The van der Waals surface area contributed by atoms with Crippen LogP contribution in [0.15, 0.2) is 75.3 Å². The number of urea groups is 1. The minimum Gasteiger partial charge on any atom is -0.487 e. The summed E-state index contributed by atoms with van der Waals surface area (Å²) < 4.78 is 7.49. The van der Waals surface area contributed by atoms with E-state index in [0.717, 1.165) is 31.2 Å². The quantitative estimate of drug-likeness (QED) is 0.272. The highest BCUT2D eigenvalue weighted by Crippen LogP contribution is 2.36. The van der Waals surface area contributed by atoms with Crippen molar-refractivity contribution in [3.8, 4) is 5.75 Å². The Kier molecular flexibility index (Phi) is 7.00. The van der Waals surface area contributed by atoms with E-state index >= 15 is 0 Å². The van der Waals surface area contributed by atoms with E-state index in [9.17, 15) is 9.59 Å². The molecule has 1 heterocycles. The molecular formula is C26H22Br2N2O3. The van der Waals surface area contributed by atoms with E-state index in [4.69, 9.17) is 4.74 Å². The van der Waals surface area contributed by atoms with Gasteiger partial charge >= 0.3 is 6.03 Å². The van der Waals surface area contributed by atoms with E-state index in [1.807, 2.05) is 68.4 Å². The standard InChI is InChI=1S/C26H22Br2N2O3/c1-16-6-8-18(9-7-16)14-30-25(31)23(29-26(30)32)13-20-11-21(27)24(22(28)12-20)33-15-19-5-3-4-17(2)10-19/h3-13H,14-15H2,1-2H3,(H,29,32)/b23-13+. The van der Waals surface area contributed by atoms with Gasteiger partial charge in [0, 0.05) is 0 Å². The number of nitrogens with one attached hydrogen (secondary N) is 1. The fraction of sp³-hybridized carbons (Fsp3) is 0.154. The molecule has 3 aromatic carbocycles. The summed E-state index contributed by atoms with van der Waals surface area (Å²) >= 11 is 7.11. The summed E-state index contributed by atoms with van der Waals surface area (Å²) in [6.07, 6.45) is 1.66. The first-order valence-corrected chi connectivity index (χ1v) is 12.0. The molecule has 168 valence electrons. The lowest BCUT2D eigenvalue weighted by molar-refractivity contribution is -0.123. The van der Waals surface area contributed by atoms with Gasteiger partial charge in [0.2, 0.25) is 0 Å². The summed E-state index contributed by atoms with van der Waals surface area (Å²) in [4.78, 5) is 26.5. The Balaban J connectivity index is 1.49. The van der Waals surface area contributed by atoms with Crippen molar-refractivity contribution in [1.82, 2.24) is 10.2 Å². The minimum absolute atomic E-state index is 0.224. The number of benzene rings is 3. The van der Waals surface area contributed by atoms with E-state index in [2.05, 4.69) is 43.2 Å². The lowest BCUT2D eigenvalue weighted by Gasteiger charge is -2.12. The molecule has 1 fully saturated rings. The van der Waals surface area contributed by atoms with Crippen LogP contribution >= 0.6 is 31.9 Å². The van der Waals surface area contributed by atoms with Crippen LogP contribution in [0.25, 0.3) is 6.08 Å². The summed E-state index contributed by atoms with van der Waals surface area (Å²) in [5, 5.41) is 2.68. The predicted octanol–water partition coefficient (Wildman–Crippen LogP) is 6.50. The van der Waals surface area contributed by atoms with Crippen molar-refractivity contribution in [2.45, 2.75) is 27.0 Å². The summed E-state index contributed by atoms with van der Waals surface area (Å²) in [6.45, 7) is 4.69. The molecule has 1 aliphatic rings.